The summed E-state index contributed by atoms with van der Waals surface area (Å²) in [6, 6.07) is 7.66. The van der Waals surface area contributed by atoms with Gasteiger partial charge in [-0.05, 0) is 38.3 Å². The fraction of sp³-hybridized carbons (Fsp3) is 0.556. The maximum atomic E-state index is 12.2. The van der Waals surface area contributed by atoms with Crippen LogP contribution in [0.5, 0.6) is 0 Å². The molecule has 1 saturated heterocycles. The van der Waals surface area contributed by atoms with Gasteiger partial charge in [-0.1, -0.05) is 31.0 Å². The predicted octanol–water partition coefficient (Wildman–Crippen LogP) is 3.13. The number of likely N-dealkylation sites (tertiary alicyclic amines) is 1. The number of hydrogen-bond donors (Lipinski definition) is 1. The molecular weight excluding hydrogens is 292 g/mol. The minimum absolute atomic E-state index is 0.0472. The molecule has 1 fully saturated rings. The molecule has 0 aliphatic carbocycles. The molecular formula is C18H26N2O3. The number of ether oxygens (including phenoxy) is 1. The van der Waals surface area contributed by atoms with Gasteiger partial charge in [-0.25, -0.2) is 4.79 Å². The van der Waals surface area contributed by atoms with Crippen LogP contribution in [0.15, 0.2) is 24.3 Å². The summed E-state index contributed by atoms with van der Waals surface area (Å²) in [6.45, 7) is 5.81. The van der Waals surface area contributed by atoms with Crippen molar-refractivity contribution in [2.75, 3.05) is 19.7 Å². The fourth-order valence-corrected chi connectivity index (χ4v) is 2.58. The number of carbonyl (C=O) groups excluding carboxylic acids is 2. The molecule has 1 N–H and O–H groups in total. The zero-order chi connectivity index (χ0) is 16.7. The van der Waals surface area contributed by atoms with Gasteiger partial charge in [0.1, 0.15) is 0 Å². The van der Waals surface area contributed by atoms with Crippen molar-refractivity contribution in [3.63, 3.8) is 0 Å². The van der Waals surface area contributed by atoms with Crippen molar-refractivity contribution in [2.24, 2.45) is 0 Å². The lowest BCUT2D eigenvalue weighted by Gasteiger charge is -2.31. The highest BCUT2D eigenvalue weighted by Gasteiger charge is 2.24. The van der Waals surface area contributed by atoms with Crippen molar-refractivity contribution in [2.45, 2.75) is 45.6 Å². The third-order valence-electron chi connectivity index (χ3n) is 4.13. The molecule has 23 heavy (non-hydrogen) atoms. The lowest BCUT2D eigenvalue weighted by molar-refractivity contribution is 0.0836. The van der Waals surface area contributed by atoms with Crippen LogP contribution in [0, 0.1) is 6.92 Å². The van der Waals surface area contributed by atoms with Crippen LogP contribution in [0.25, 0.3) is 0 Å². The van der Waals surface area contributed by atoms with Crippen LogP contribution < -0.4 is 5.32 Å². The normalized spacial score (nSPS) is 15.3. The van der Waals surface area contributed by atoms with Crippen molar-refractivity contribution < 1.29 is 14.3 Å². The Labute approximate surface area is 138 Å². The Morgan fingerprint density at radius 3 is 2.48 bits per heavy atom. The lowest BCUT2D eigenvalue weighted by atomic mass is 10.0. The summed E-state index contributed by atoms with van der Waals surface area (Å²) in [6.07, 6.45) is 3.21. The van der Waals surface area contributed by atoms with E-state index in [1.54, 1.807) is 4.90 Å². The van der Waals surface area contributed by atoms with E-state index >= 15 is 0 Å². The second kappa shape index (κ2) is 8.56. The second-order valence-corrected chi connectivity index (χ2v) is 6.07. The summed E-state index contributed by atoms with van der Waals surface area (Å²) < 4.78 is 5.22. The van der Waals surface area contributed by atoms with E-state index in [0.29, 0.717) is 25.3 Å². The van der Waals surface area contributed by atoms with Gasteiger partial charge in [-0.15, -0.1) is 0 Å². The summed E-state index contributed by atoms with van der Waals surface area (Å²) in [5.41, 5.74) is 1.81. The highest BCUT2D eigenvalue weighted by Crippen LogP contribution is 2.13. The quantitative estimate of drug-likeness (QED) is 0.849. The molecule has 0 atom stereocenters. The molecule has 1 heterocycles. The van der Waals surface area contributed by atoms with Crippen LogP contribution in [-0.2, 0) is 4.74 Å². The van der Waals surface area contributed by atoms with E-state index in [9.17, 15) is 9.59 Å². The van der Waals surface area contributed by atoms with E-state index < -0.39 is 0 Å². The van der Waals surface area contributed by atoms with Crippen LogP contribution in [0.4, 0.5) is 4.79 Å². The maximum Gasteiger partial charge on any atom is 0.409 e. The van der Waals surface area contributed by atoms with Gasteiger partial charge in [0, 0.05) is 24.7 Å². The predicted molar refractivity (Wildman–Crippen MR) is 89.5 cm³/mol. The van der Waals surface area contributed by atoms with E-state index in [-0.39, 0.29) is 18.0 Å². The molecule has 2 amide bonds. The van der Waals surface area contributed by atoms with E-state index in [1.807, 2.05) is 31.2 Å². The number of aryl methyl sites for hydroxylation is 1. The first-order valence-electron chi connectivity index (χ1n) is 8.39. The minimum Gasteiger partial charge on any atom is -0.449 e. The van der Waals surface area contributed by atoms with Gasteiger partial charge in [0.25, 0.3) is 5.91 Å². The van der Waals surface area contributed by atoms with E-state index in [2.05, 4.69) is 12.2 Å². The van der Waals surface area contributed by atoms with Gasteiger partial charge >= 0.3 is 6.09 Å². The topological polar surface area (TPSA) is 58.6 Å². The number of carbonyl (C=O) groups is 2. The molecule has 1 aromatic carbocycles. The molecule has 0 radical (unpaired) electrons. The number of unbranched alkanes of at least 4 members (excludes halogenated alkanes) is 1. The second-order valence-electron chi connectivity index (χ2n) is 6.07. The van der Waals surface area contributed by atoms with Crippen molar-refractivity contribution >= 4 is 12.0 Å². The summed E-state index contributed by atoms with van der Waals surface area (Å²) in [4.78, 5) is 25.8. The molecule has 0 bridgehead atoms. The average Bonchev–Trinajstić information content (AvgIpc) is 2.56. The number of benzene rings is 1. The van der Waals surface area contributed by atoms with Crippen molar-refractivity contribution in [1.29, 1.82) is 0 Å². The number of hydrogen-bond acceptors (Lipinski definition) is 3. The van der Waals surface area contributed by atoms with Gasteiger partial charge in [-0.2, -0.15) is 0 Å². The number of amides is 2. The molecule has 0 saturated carbocycles. The summed E-state index contributed by atoms with van der Waals surface area (Å²) in [7, 11) is 0. The van der Waals surface area contributed by atoms with Crippen molar-refractivity contribution in [3.05, 3.63) is 35.4 Å². The van der Waals surface area contributed by atoms with Crippen molar-refractivity contribution in [3.8, 4) is 0 Å². The number of piperidine rings is 1. The van der Waals surface area contributed by atoms with Gasteiger partial charge < -0.3 is 15.0 Å². The Hall–Kier alpha value is -2.04. The first-order valence-corrected chi connectivity index (χ1v) is 8.39. The maximum absolute atomic E-state index is 12.2. The van der Waals surface area contributed by atoms with Crippen LogP contribution in [0.3, 0.4) is 0 Å². The largest absolute Gasteiger partial charge is 0.449 e. The zero-order valence-electron chi connectivity index (χ0n) is 14.0. The average molecular weight is 318 g/mol. The molecule has 1 aliphatic heterocycles. The molecule has 2 rings (SSSR count). The van der Waals surface area contributed by atoms with E-state index in [1.165, 1.54) is 0 Å². The Morgan fingerprint density at radius 1 is 1.22 bits per heavy atom. The molecule has 5 heteroatoms. The Balaban J connectivity index is 1.75. The molecule has 5 nitrogen and oxygen atoms in total. The van der Waals surface area contributed by atoms with E-state index in [4.69, 9.17) is 4.74 Å². The number of nitrogens with zero attached hydrogens (tertiary/aromatic N) is 1. The van der Waals surface area contributed by atoms with Gasteiger partial charge in [0.15, 0.2) is 0 Å². The fourth-order valence-electron chi connectivity index (χ4n) is 2.58. The standard InChI is InChI=1S/C18H26N2O3/c1-3-4-13-23-18(22)20-11-9-16(10-12-20)19-17(21)15-7-5-14(2)6-8-15/h5-8,16H,3-4,9-13H2,1-2H3,(H,19,21). The molecule has 126 valence electrons. The zero-order valence-corrected chi connectivity index (χ0v) is 14.0. The molecule has 1 aliphatic rings. The molecule has 0 spiro atoms. The first kappa shape index (κ1) is 17.3. The van der Waals surface area contributed by atoms with Gasteiger partial charge in [0.2, 0.25) is 0 Å². The van der Waals surface area contributed by atoms with Crippen LogP contribution >= 0.6 is 0 Å². The third kappa shape index (κ3) is 5.27. The van der Waals surface area contributed by atoms with Gasteiger partial charge in [-0.3, -0.25) is 4.79 Å². The number of rotatable bonds is 5. The van der Waals surface area contributed by atoms with E-state index in [0.717, 1.165) is 31.2 Å². The summed E-state index contributed by atoms with van der Waals surface area (Å²) in [5, 5.41) is 3.05. The number of nitrogens with one attached hydrogen (secondary N) is 1. The highest BCUT2D eigenvalue weighted by molar-refractivity contribution is 5.94. The molecule has 1 aromatic rings. The SMILES string of the molecule is CCCCOC(=O)N1CCC(NC(=O)c2ccc(C)cc2)CC1. The van der Waals surface area contributed by atoms with Crippen LogP contribution in [0.1, 0.15) is 48.5 Å². The monoisotopic (exact) mass is 318 g/mol. The summed E-state index contributed by atoms with van der Waals surface area (Å²) >= 11 is 0. The Kier molecular flexibility index (Phi) is 6.44. The Morgan fingerprint density at radius 2 is 1.87 bits per heavy atom. The van der Waals surface area contributed by atoms with Gasteiger partial charge in [0.05, 0.1) is 6.61 Å². The van der Waals surface area contributed by atoms with Crippen LogP contribution in [-0.4, -0.2) is 42.6 Å². The molecule has 0 unspecified atom stereocenters. The Bertz CT molecular complexity index is 520. The third-order valence-corrected chi connectivity index (χ3v) is 4.13. The minimum atomic E-state index is -0.234. The lowest BCUT2D eigenvalue weighted by Crippen LogP contribution is -2.46. The smallest absolute Gasteiger partial charge is 0.409 e. The van der Waals surface area contributed by atoms with Crippen molar-refractivity contribution in [1.82, 2.24) is 10.2 Å². The highest BCUT2D eigenvalue weighted by atomic mass is 16.6. The first-order chi connectivity index (χ1) is 11.1. The molecule has 0 aromatic heterocycles. The summed E-state index contributed by atoms with van der Waals surface area (Å²) in [5.74, 6) is -0.0472. The van der Waals surface area contributed by atoms with Crippen LogP contribution in [0.2, 0.25) is 0 Å².